The van der Waals surface area contributed by atoms with Gasteiger partial charge in [0.25, 0.3) is 0 Å². The quantitative estimate of drug-likeness (QED) is 0.860. The zero-order valence-corrected chi connectivity index (χ0v) is 9.91. The van der Waals surface area contributed by atoms with Gasteiger partial charge in [0.2, 0.25) is 0 Å². The highest BCUT2D eigenvalue weighted by molar-refractivity contribution is 7.09. The Balaban J connectivity index is 1.62. The number of hydrogen-bond acceptors (Lipinski definition) is 3. The Hall–Kier alpha value is -1.29. The molecular formula is C12H15N3S. The maximum atomic E-state index is 4.35. The summed E-state index contributed by atoms with van der Waals surface area (Å²) in [5, 5.41) is 9.90. The topological polar surface area (TPSA) is 29.9 Å². The lowest BCUT2D eigenvalue weighted by molar-refractivity contribution is 0.568. The molecule has 1 N–H and O–H groups in total. The zero-order valence-electron chi connectivity index (χ0n) is 9.10. The fraction of sp³-hybridized carbons (Fsp3) is 0.417. The van der Waals surface area contributed by atoms with Crippen molar-refractivity contribution in [2.24, 2.45) is 5.92 Å². The number of nitrogens with one attached hydrogen (secondary N) is 1. The van der Waals surface area contributed by atoms with Crippen molar-refractivity contribution in [3.63, 3.8) is 0 Å². The highest BCUT2D eigenvalue weighted by Crippen LogP contribution is 2.31. The van der Waals surface area contributed by atoms with Crippen molar-refractivity contribution in [2.75, 3.05) is 5.32 Å². The van der Waals surface area contributed by atoms with Crippen LogP contribution in [-0.2, 0) is 13.1 Å². The highest BCUT2D eigenvalue weighted by Gasteiger charge is 2.22. The van der Waals surface area contributed by atoms with E-state index in [9.17, 15) is 0 Å². The van der Waals surface area contributed by atoms with Crippen molar-refractivity contribution in [1.82, 2.24) is 9.78 Å². The first-order valence-electron chi connectivity index (χ1n) is 5.70. The zero-order chi connectivity index (χ0) is 10.8. The predicted octanol–water partition coefficient (Wildman–Crippen LogP) is 2.97. The third-order valence-electron chi connectivity index (χ3n) is 2.87. The van der Waals surface area contributed by atoms with Gasteiger partial charge < -0.3 is 5.32 Å². The van der Waals surface area contributed by atoms with E-state index in [4.69, 9.17) is 0 Å². The number of anilines is 1. The first kappa shape index (κ1) is 9.90. The molecule has 2 heterocycles. The fourth-order valence-corrected chi connectivity index (χ4v) is 2.41. The molecule has 0 radical (unpaired) electrons. The maximum Gasteiger partial charge on any atom is 0.124 e. The third kappa shape index (κ3) is 2.27. The smallest absolute Gasteiger partial charge is 0.124 e. The van der Waals surface area contributed by atoms with Crippen molar-refractivity contribution in [3.05, 3.63) is 34.7 Å². The Kier molecular flexibility index (Phi) is 2.66. The van der Waals surface area contributed by atoms with Gasteiger partial charge in [-0.15, -0.1) is 11.3 Å². The Labute approximate surface area is 99.1 Å². The van der Waals surface area contributed by atoms with E-state index in [-0.39, 0.29) is 0 Å². The van der Waals surface area contributed by atoms with Crippen molar-refractivity contribution >= 4 is 17.2 Å². The second-order valence-electron chi connectivity index (χ2n) is 4.27. The van der Waals surface area contributed by atoms with Crippen molar-refractivity contribution < 1.29 is 0 Å². The Bertz CT molecular complexity index is 443. The Morgan fingerprint density at radius 1 is 1.44 bits per heavy atom. The number of thiophene rings is 1. The highest BCUT2D eigenvalue weighted by atomic mass is 32.1. The van der Waals surface area contributed by atoms with Crippen LogP contribution in [0.2, 0.25) is 0 Å². The second-order valence-corrected chi connectivity index (χ2v) is 5.31. The summed E-state index contributed by atoms with van der Waals surface area (Å²) >= 11 is 1.78. The number of aromatic nitrogens is 2. The van der Waals surface area contributed by atoms with Crippen LogP contribution < -0.4 is 5.32 Å². The van der Waals surface area contributed by atoms with E-state index in [1.54, 1.807) is 11.3 Å². The Morgan fingerprint density at radius 3 is 3.12 bits per heavy atom. The van der Waals surface area contributed by atoms with Crippen LogP contribution in [0.4, 0.5) is 5.82 Å². The summed E-state index contributed by atoms with van der Waals surface area (Å²) in [5.41, 5.74) is 0. The SMILES string of the molecule is c1csc(CNc2ccnn2CC2CC2)c1. The van der Waals surface area contributed by atoms with Gasteiger partial charge in [0.05, 0.1) is 12.7 Å². The minimum atomic E-state index is 0.863. The molecule has 0 bridgehead atoms. The van der Waals surface area contributed by atoms with E-state index >= 15 is 0 Å². The summed E-state index contributed by atoms with van der Waals surface area (Å²) in [6.07, 6.45) is 4.60. The van der Waals surface area contributed by atoms with Crippen molar-refractivity contribution in [2.45, 2.75) is 25.9 Å². The largest absolute Gasteiger partial charge is 0.365 e. The van der Waals surface area contributed by atoms with E-state index < -0.39 is 0 Å². The van der Waals surface area contributed by atoms with Crippen LogP contribution in [0.3, 0.4) is 0 Å². The van der Waals surface area contributed by atoms with Crippen LogP contribution in [-0.4, -0.2) is 9.78 Å². The summed E-state index contributed by atoms with van der Waals surface area (Å²) < 4.78 is 2.09. The minimum Gasteiger partial charge on any atom is -0.365 e. The number of hydrogen-bond donors (Lipinski definition) is 1. The van der Waals surface area contributed by atoms with Crippen molar-refractivity contribution in [1.29, 1.82) is 0 Å². The van der Waals surface area contributed by atoms with Gasteiger partial charge in [0, 0.05) is 17.5 Å². The molecule has 1 aliphatic rings. The average Bonchev–Trinajstić information content (AvgIpc) is 2.80. The summed E-state index contributed by atoms with van der Waals surface area (Å²) in [7, 11) is 0. The monoisotopic (exact) mass is 233 g/mol. The first-order chi connectivity index (χ1) is 7.92. The number of nitrogens with zero attached hydrogens (tertiary/aromatic N) is 2. The van der Waals surface area contributed by atoms with Gasteiger partial charge >= 0.3 is 0 Å². The van der Waals surface area contributed by atoms with E-state index in [0.29, 0.717) is 0 Å². The molecule has 0 spiro atoms. The van der Waals surface area contributed by atoms with Gasteiger partial charge in [0.1, 0.15) is 5.82 Å². The molecule has 0 aromatic carbocycles. The summed E-state index contributed by atoms with van der Waals surface area (Å²) in [5.74, 6) is 2.00. The van der Waals surface area contributed by atoms with E-state index in [2.05, 4.69) is 38.7 Å². The molecule has 3 nitrogen and oxygen atoms in total. The summed E-state index contributed by atoms with van der Waals surface area (Å²) in [6.45, 7) is 1.97. The Morgan fingerprint density at radius 2 is 2.38 bits per heavy atom. The molecule has 84 valence electrons. The van der Waals surface area contributed by atoms with Crippen LogP contribution in [0.1, 0.15) is 17.7 Å². The van der Waals surface area contributed by atoms with Crippen LogP contribution in [0.5, 0.6) is 0 Å². The first-order valence-corrected chi connectivity index (χ1v) is 6.58. The van der Waals surface area contributed by atoms with Crippen LogP contribution in [0.25, 0.3) is 0 Å². The summed E-state index contributed by atoms with van der Waals surface area (Å²) in [4.78, 5) is 1.36. The molecule has 0 amide bonds. The van der Waals surface area contributed by atoms with Gasteiger partial charge in [-0.25, -0.2) is 4.68 Å². The van der Waals surface area contributed by atoms with Crippen molar-refractivity contribution in [3.8, 4) is 0 Å². The maximum absolute atomic E-state index is 4.35. The van der Waals surface area contributed by atoms with Crippen LogP contribution in [0, 0.1) is 5.92 Å². The van der Waals surface area contributed by atoms with Crippen LogP contribution in [0.15, 0.2) is 29.8 Å². The molecule has 0 unspecified atom stereocenters. The molecule has 3 rings (SSSR count). The molecule has 1 aliphatic carbocycles. The fourth-order valence-electron chi connectivity index (χ4n) is 1.76. The third-order valence-corrected chi connectivity index (χ3v) is 3.74. The standard InChI is InChI=1S/C12H15N3S/c1-2-11(16-7-1)8-13-12-5-6-14-15(12)9-10-3-4-10/h1-2,5-7,10,13H,3-4,8-9H2. The lowest BCUT2D eigenvalue weighted by Gasteiger charge is -2.08. The second kappa shape index (κ2) is 4.29. The normalized spacial score (nSPS) is 15.2. The predicted molar refractivity (Wildman–Crippen MR) is 66.6 cm³/mol. The van der Waals surface area contributed by atoms with Gasteiger partial charge in [-0.3, -0.25) is 0 Å². The molecule has 0 aliphatic heterocycles. The lowest BCUT2D eigenvalue weighted by Crippen LogP contribution is -2.08. The van der Waals surface area contributed by atoms with Gasteiger partial charge in [-0.1, -0.05) is 6.07 Å². The summed E-state index contributed by atoms with van der Waals surface area (Å²) in [6, 6.07) is 6.29. The van der Waals surface area contributed by atoms with Gasteiger partial charge in [0.15, 0.2) is 0 Å². The number of rotatable bonds is 5. The molecule has 16 heavy (non-hydrogen) atoms. The van der Waals surface area contributed by atoms with E-state index in [1.165, 1.54) is 17.7 Å². The van der Waals surface area contributed by atoms with E-state index in [0.717, 1.165) is 24.8 Å². The molecular weight excluding hydrogens is 218 g/mol. The molecule has 2 aromatic rings. The van der Waals surface area contributed by atoms with E-state index in [1.807, 2.05) is 6.20 Å². The average molecular weight is 233 g/mol. The molecule has 0 saturated heterocycles. The minimum absolute atomic E-state index is 0.863. The lowest BCUT2D eigenvalue weighted by atomic mass is 10.4. The molecule has 0 atom stereocenters. The molecule has 1 fully saturated rings. The molecule has 1 saturated carbocycles. The van der Waals surface area contributed by atoms with Gasteiger partial charge in [-0.2, -0.15) is 5.10 Å². The molecule has 4 heteroatoms. The van der Waals surface area contributed by atoms with Gasteiger partial charge in [-0.05, 0) is 30.2 Å². The molecule has 2 aromatic heterocycles. The van der Waals surface area contributed by atoms with Crippen LogP contribution >= 0.6 is 11.3 Å².